The van der Waals surface area contributed by atoms with E-state index in [1.54, 1.807) is 12.1 Å². The van der Waals surface area contributed by atoms with Gasteiger partial charge >= 0.3 is 0 Å². The first-order valence-corrected chi connectivity index (χ1v) is 7.26. The molecule has 0 aliphatic heterocycles. The number of hydrogen-bond acceptors (Lipinski definition) is 3. The normalized spacial score (nSPS) is 17.7. The Morgan fingerprint density at radius 3 is 2.95 bits per heavy atom. The molecule has 1 aromatic carbocycles. The van der Waals surface area contributed by atoms with Gasteiger partial charge in [-0.3, -0.25) is 4.99 Å². The summed E-state index contributed by atoms with van der Waals surface area (Å²) >= 11 is 0. The zero-order valence-corrected chi connectivity index (χ0v) is 12.0. The fourth-order valence-electron chi connectivity index (χ4n) is 2.33. The van der Waals surface area contributed by atoms with Crippen molar-refractivity contribution >= 4 is 5.96 Å². The number of ether oxygens (including phenoxy) is 1. The van der Waals surface area contributed by atoms with Gasteiger partial charge in [0.2, 0.25) is 0 Å². The summed E-state index contributed by atoms with van der Waals surface area (Å²) in [7, 11) is 0. The van der Waals surface area contributed by atoms with Gasteiger partial charge in [0.15, 0.2) is 5.96 Å². The molecule has 1 aliphatic rings. The monoisotopic (exact) mass is 295 g/mol. The molecule has 0 saturated heterocycles. The van der Waals surface area contributed by atoms with Gasteiger partial charge in [0.25, 0.3) is 0 Å². The minimum Gasteiger partial charge on any atom is -0.491 e. The summed E-state index contributed by atoms with van der Waals surface area (Å²) < 4.78 is 18.2. The first-order valence-electron chi connectivity index (χ1n) is 7.26. The molecule has 1 saturated carbocycles. The van der Waals surface area contributed by atoms with Crippen LogP contribution in [0.1, 0.15) is 25.7 Å². The molecule has 0 spiro atoms. The van der Waals surface area contributed by atoms with Crippen LogP contribution in [0.15, 0.2) is 29.3 Å². The van der Waals surface area contributed by atoms with Gasteiger partial charge in [0, 0.05) is 12.1 Å². The molecule has 0 unspecified atom stereocenters. The zero-order valence-electron chi connectivity index (χ0n) is 12.0. The molecule has 0 aromatic heterocycles. The Bertz CT molecular complexity index is 476. The van der Waals surface area contributed by atoms with Crippen LogP contribution in [0.25, 0.3) is 0 Å². The van der Waals surface area contributed by atoms with Crippen molar-refractivity contribution in [1.82, 2.24) is 5.32 Å². The summed E-state index contributed by atoms with van der Waals surface area (Å²) in [6.07, 6.45) is 3.88. The van der Waals surface area contributed by atoms with Gasteiger partial charge in [-0.15, -0.1) is 0 Å². The molecule has 5 nitrogen and oxygen atoms in total. The molecule has 1 aliphatic carbocycles. The van der Waals surface area contributed by atoms with Gasteiger partial charge in [-0.1, -0.05) is 18.9 Å². The fourth-order valence-corrected chi connectivity index (χ4v) is 2.33. The number of rotatable bonds is 6. The van der Waals surface area contributed by atoms with E-state index in [2.05, 4.69) is 10.3 Å². The van der Waals surface area contributed by atoms with Gasteiger partial charge < -0.3 is 20.9 Å². The van der Waals surface area contributed by atoms with Crippen LogP contribution in [-0.4, -0.2) is 36.4 Å². The quantitative estimate of drug-likeness (QED) is 0.547. The molecule has 0 heterocycles. The van der Waals surface area contributed by atoms with E-state index in [1.807, 2.05) is 0 Å². The Labute approximate surface area is 124 Å². The van der Waals surface area contributed by atoms with Gasteiger partial charge in [0.05, 0.1) is 6.54 Å². The second-order valence-electron chi connectivity index (χ2n) is 5.27. The van der Waals surface area contributed by atoms with Crippen molar-refractivity contribution in [2.24, 2.45) is 10.7 Å². The molecule has 116 valence electrons. The lowest BCUT2D eigenvalue weighted by molar-refractivity contribution is 0.114. The van der Waals surface area contributed by atoms with E-state index in [1.165, 1.54) is 25.0 Å². The third kappa shape index (κ3) is 5.59. The maximum absolute atomic E-state index is 13.0. The van der Waals surface area contributed by atoms with Gasteiger partial charge in [0.1, 0.15) is 24.3 Å². The first kappa shape index (κ1) is 15.6. The van der Waals surface area contributed by atoms with E-state index in [0.29, 0.717) is 17.8 Å². The molecule has 0 amide bonds. The highest BCUT2D eigenvalue weighted by Gasteiger charge is 2.15. The van der Waals surface area contributed by atoms with Crippen LogP contribution < -0.4 is 15.8 Å². The lowest BCUT2D eigenvalue weighted by Gasteiger charge is -2.14. The Balaban J connectivity index is 1.69. The number of halogens is 1. The molecule has 1 atom stereocenters. The van der Waals surface area contributed by atoms with Crippen molar-refractivity contribution in [3.05, 3.63) is 30.1 Å². The highest BCUT2D eigenvalue weighted by molar-refractivity contribution is 5.78. The molecule has 1 aromatic rings. The number of aliphatic hydroxyl groups is 1. The predicted molar refractivity (Wildman–Crippen MR) is 79.8 cm³/mol. The zero-order chi connectivity index (χ0) is 15.1. The van der Waals surface area contributed by atoms with Crippen LogP contribution in [0.2, 0.25) is 0 Å². The second kappa shape index (κ2) is 7.83. The van der Waals surface area contributed by atoms with E-state index in [4.69, 9.17) is 10.5 Å². The van der Waals surface area contributed by atoms with Crippen LogP contribution in [0.3, 0.4) is 0 Å². The smallest absolute Gasteiger partial charge is 0.188 e. The van der Waals surface area contributed by atoms with Crippen LogP contribution >= 0.6 is 0 Å². The Hall–Kier alpha value is -1.82. The summed E-state index contributed by atoms with van der Waals surface area (Å²) in [5.74, 6) is 0.367. The lowest BCUT2D eigenvalue weighted by Crippen LogP contribution is -2.39. The first-order chi connectivity index (χ1) is 10.1. The second-order valence-corrected chi connectivity index (χ2v) is 5.27. The summed E-state index contributed by atoms with van der Waals surface area (Å²) in [4.78, 5) is 4.10. The topological polar surface area (TPSA) is 79.9 Å². The fraction of sp³-hybridized carbons (Fsp3) is 0.533. The third-order valence-corrected chi connectivity index (χ3v) is 3.42. The van der Waals surface area contributed by atoms with E-state index < -0.39 is 6.10 Å². The average Bonchev–Trinajstić information content (AvgIpc) is 2.96. The Kier molecular flexibility index (Phi) is 5.80. The summed E-state index contributed by atoms with van der Waals surface area (Å²) in [6.45, 7) is 0.199. The van der Waals surface area contributed by atoms with E-state index >= 15 is 0 Å². The van der Waals surface area contributed by atoms with Crippen molar-refractivity contribution in [3.63, 3.8) is 0 Å². The average molecular weight is 295 g/mol. The summed E-state index contributed by atoms with van der Waals surface area (Å²) in [5.41, 5.74) is 5.77. The van der Waals surface area contributed by atoms with Gasteiger partial charge in [-0.05, 0) is 25.0 Å². The molecule has 6 heteroatoms. The van der Waals surface area contributed by atoms with Crippen molar-refractivity contribution in [3.8, 4) is 5.75 Å². The molecular formula is C15H22FN3O2. The number of aliphatic hydroxyl groups excluding tert-OH is 1. The Morgan fingerprint density at radius 2 is 2.24 bits per heavy atom. The molecule has 4 N–H and O–H groups in total. The largest absolute Gasteiger partial charge is 0.491 e. The van der Waals surface area contributed by atoms with E-state index in [-0.39, 0.29) is 19.0 Å². The molecule has 21 heavy (non-hydrogen) atoms. The van der Waals surface area contributed by atoms with Crippen LogP contribution in [0.5, 0.6) is 5.75 Å². The minimum atomic E-state index is -0.780. The molecule has 1 fully saturated rings. The summed E-state index contributed by atoms with van der Waals surface area (Å²) in [5, 5.41) is 12.9. The molecule has 0 radical (unpaired) electrons. The van der Waals surface area contributed by atoms with E-state index in [0.717, 1.165) is 12.8 Å². The summed E-state index contributed by atoms with van der Waals surface area (Å²) in [6, 6.07) is 6.19. The van der Waals surface area contributed by atoms with Crippen molar-refractivity contribution in [2.75, 3.05) is 13.2 Å². The van der Waals surface area contributed by atoms with E-state index in [9.17, 15) is 9.50 Å². The Morgan fingerprint density at radius 1 is 1.48 bits per heavy atom. The number of nitrogens with two attached hydrogens (primary N) is 1. The number of nitrogens with one attached hydrogen (secondary N) is 1. The maximum Gasteiger partial charge on any atom is 0.188 e. The minimum absolute atomic E-state index is 0.0453. The van der Waals surface area contributed by atoms with Crippen LogP contribution in [0.4, 0.5) is 4.39 Å². The number of guanidine groups is 1. The van der Waals surface area contributed by atoms with Crippen molar-refractivity contribution < 1.29 is 14.2 Å². The number of benzene rings is 1. The molecule has 0 bridgehead atoms. The number of aliphatic imine (C=N–C) groups is 1. The predicted octanol–water partition coefficient (Wildman–Crippen LogP) is 1.41. The van der Waals surface area contributed by atoms with Crippen LogP contribution in [0, 0.1) is 5.82 Å². The number of hydrogen-bond donors (Lipinski definition) is 3. The van der Waals surface area contributed by atoms with Gasteiger partial charge in [-0.25, -0.2) is 4.39 Å². The maximum atomic E-state index is 13.0. The standard InChI is InChI=1S/C15H22FN3O2/c16-11-4-3-7-14(8-11)21-10-13(20)9-18-15(17)19-12-5-1-2-6-12/h3-4,7-8,12-13,20H,1-2,5-6,9-10H2,(H3,17,18,19)/t13-/m1/s1. The number of nitrogens with zero attached hydrogens (tertiary/aromatic N) is 1. The lowest BCUT2D eigenvalue weighted by atomic mass is 10.2. The van der Waals surface area contributed by atoms with Crippen molar-refractivity contribution in [2.45, 2.75) is 37.8 Å². The molecule has 2 rings (SSSR count). The SMILES string of the molecule is NC(=NC[C@@H](O)COc1cccc(F)c1)NC1CCCC1. The highest BCUT2D eigenvalue weighted by atomic mass is 19.1. The molecular weight excluding hydrogens is 273 g/mol. The van der Waals surface area contributed by atoms with Crippen molar-refractivity contribution in [1.29, 1.82) is 0 Å². The van der Waals surface area contributed by atoms with Crippen LogP contribution in [-0.2, 0) is 0 Å². The van der Waals surface area contributed by atoms with Gasteiger partial charge in [-0.2, -0.15) is 0 Å². The highest BCUT2D eigenvalue weighted by Crippen LogP contribution is 2.17. The third-order valence-electron chi connectivity index (χ3n) is 3.42.